The van der Waals surface area contributed by atoms with Gasteiger partial charge in [-0.15, -0.1) is 0 Å². The van der Waals surface area contributed by atoms with E-state index in [9.17, 15) is 18.0 Å². The molecule has 0 saturated carbocycles. The molecule has 3 aromatic rings. The Bertz CT molecular complexity index is 1280. The van der Waals surface area contributed by atoms with Crippen molar-refractivity contribution in [2.45, 2.75) is 18.0 Å². The molecule has 3 N–H and O–H groups in total. The van der Waals surface area contributed by atoms with Gasteiger partial charge >= 0.3 is 5.69 Å². The van der Waals surface area contributed by atoms with Crippen LogP contribution in [0.4, 0.5) is 0 Å². The lowest BCUT2D eigenvalue weighted by molar-refractivity contribution is 0.0342. The number of morpholine rings is 1. The van der Waals surface area contributed by atoms with Crippen molar-refractivity contribution in [1.82, 2.24) is 19.6 Å². The second-order valence-electron chi connectivity index (χ2n) is 7.15. The molecule has 30 heavy (non-hydrogen) atoms. The monoisotopic (exact) mass is 430 g/mol. The number of rotatable bonds is 6. The third-order valence-electron chi connectivity index (χ3n) is 4.99. The van der Waals surface area contributed by atoms with Gasteiger partial charge in [0.1, 0.15) is 0 Å². The first-order valence-electron chi connectivity index (χ1n) is 9.55. The normalized spacial score (nSPS) is 15.5. The third kappa shape index (κ3) is 4.68. The third-order valence-corrected chi connectivity index (χ3v) is 6.39. The number of benzene rings is 2. The highest BCUT2D eigenvalue weighted by Gasteiger charge is 2.16. The van der Waals surface area contributed by atoms with Crippen LogP contribution >= 0.6 is 0 Å². The second-order valence-corrected chi connectivity index (χ2v) is 8.92. The summed E-state index contributed by atoms with van der Waals surface area (Å²) in [5, 5.41) is 0.102. The molecule has 10 heteroatoms. The zero-order valence-electron chi connectivity index (χ0n) is 16.2. The van der Waals surface area contributed by atoms with E-state index in [1.807, 2.05) is 24.3 Å². The zero-order chi connectivity index (χ0) is 21.1. The van der Waals surface area contributed by atoms with Crippen LogP contribution in [0.25, 0.3) is 10.9 Å². The minimum absolute atomic E-state index is 0.0444. The molecule has 158 valence electrons. The molecule has 1 fully saturated rings. The predicted octanol–water partition coefficient (Wildman–Crippen LogP) is 0.527. The first-order valence-corrected chi connectivity index (χ1v) is 11.0. The van der Waals surface area contributed by atoms with Crippen molar-refractivity contribution in [3.63, 3.8) is 0 Å². The first kappa shape index (κ1) is 20.5. The van der Waals surface area contributed by atoms with Crippen LogP contribution in [0.5, 0.6) is 0 Å². The van der Waals surface area contributed by atoms with Gasteiger partial charge in [0, 0.05) is 26.2 Å². The van der Waals surface area contributed by atoms with E-state index in [1.54, 1.807) is 0 Å². The lowest BCUT2D eigenvalue weighted by atomic mass is 10.1. The van der Waals surface area contributed by atoms with Crippen molar-refractivity contribution < 1.29 is 13.2 Å². The van der Waals surface area contributed by atoms with E-state index >= 15 is 0 Å². The topological polar surface area (TPSA) is 124 Å². The molecule has 9 nitrogen and oxygen atoms in total. The quantitative estimate of drug-likeness (QED) is 0.524. The Morgan fingerprint density at radius 3 is 2.57 bits per heavy atom. The van der Waals surface area contributed by atoms with E-state index in [2.05, 4.69) is 19.6 Å². The molecule has 0 atom stereocenters. The number of nitrogens with one attached hydrogen (secondary N) is 3. The van der Waals surface area contributed by atoms with Gasteiger partial charge in [-0.1, -0.05) is 24.3 Å². The Morgan fingerprint density at radius 2 is 1.77 bits per heavy atom. The number of sulfonamides is 1. The number of aromatic amines is 2. The van der Waals surface area contributed by atoms with E-state index in [-0.39, 0.29) is 22.3 Å². The van der Waals surface area contributed by atoms with E-state index in [0.717, 1.165) is 44.0 Å². The Hall–Kier alpha value is -2.79. The molecule has 1 aliphatic rings. The Morgan fingerprint density at radius 1 is 1.00 bits per heavy atom. The van der Waals surface area contributed by atoms with Gasteiger partial charge in [0.2, 0.25) is 10.0 Å². The lowest BCUT2D eigenvalue weighted by Crippen LogP contribution is -2.35. The molecule has 2 heterocycles. The SMILES string of the molecule is O=c1[nH]c(=O)c2cc(S(=O)(=O)NCc3cccc(CN4CCOCC4)c3)ccc2[nH]1. The molecule has 4 rings (SSSR count). The van der Waals surface area contributed by atoms with Gasteiger partial charge in [-0.25, -0.2) is 17.9 Å². The van der Waals surface area contributed by atoms with E-state index in [1.165, 1.54) is 18.2 Å². The number of ether oxygens (including phenoxy) is 1. The second kappa shape index (κ2) is 8.52. The summed E-state index contributed by atoms with van der Waals surface area (Å²) in [5.74, 6) is 0. The number of aromatic nitrogens is 2. The van der Waals surface area contributed by atoms with Crippen LogP contribution in [0, 0.1) is 0 Å². The number of nitrogens with zero attached hydrogens (tertiary/aromatic N) is 1. The van der Waals surface area contributed by atoms with Gasteiger partial charge in [0.15, 0.2) is 0 Å². The molecule has 0 bridgehead atoms. The summed E-state index contributed by atoms with van der Waals surface area (Å²) < 4.78 is 33.4. The van der Waals surface area contributed by atoms with Crippen molar-refractivity contribution in [3.05, 3.63) is 74.4 Å². The molecule has 1 aliphatic heterocycles. The van der Waals surface area contributed by atoms with Crippen LogP contribution in [0.2, 0.25) is 0 Å². The van der Waals surface area contributed by atoms with Crippen molar-refractivity contribution in [2.75, 3.05) is 26.3 Å². The molecule has 0 spiro atoms. The minimum Gasteiger partial charge on any atom is -0.379 e. The largest absolute Gasteiger partial charge is 0.379 e. The highest BCUT2D eigenvalue weighted by atomic mass is 32.2. The van der Waals surface area contributed by atoms with Crippen LogP contribution in [0.1, 0.15) is 11.1 Å². The standard InChI is InChI=1S/C20H22N4O5S/c25-19-17-11-16(4-5-18(17)22-20(26)23-19)30(27,28)21-12-14-2-1-3-15(10-14)13-24-6-8-29-9-7-24/h1-5,10-11,21H,6-9,12-13H2,(H2,22,23,25,26). The number of H-pyrrole nitrogens is 2. The van der Waals surface area contributed by atoms with Gasteiger partial charge in [-0.3, -0.25) is 14.7 Å². The number of hydrogen-bond donors (Lipinski definition) is 3. The number of hydrogen-bond acceptors (Lipinski definition) is 6. The Kier molecular flexibility index (Phi) is 5.82. The van der Waals surface area contributed by atoms with E-state index < -0.39 is 21.3 Å². The lowest BCUT2D eigenvalue weighted by Gasteiger charge is -2.26. The highest BCUT2D eigenvalue weighted by Crippen LogP contribution is 2.15. The molecule has 1 aromatic heterocycles. The average Bonchev–Trinajstić information content (AvgIpc) is 2.73. The molecular formula is C20H22N4O5S. The van der Waals surface area contributed by atoms with Gasteiger partial charge in [-0.2, -0.15) is 0 Å². The summed E-state index contributed by atoms with van der Waals surface area (Å²) >= 11 is 0. The average molecular weight is 430 g/mol. The summed E-state index contributed by atoms with van der Waals surface area (Å²) in [6.07, 6.45) is 0. The summed E-state index contributed by atoms with van der Waals surface area (Å²) in [4.78, 5) is 30.1. The van der Waals surface area contributed by atoms with Crippen molar-refractivity contribution in [2.24, 2.45) is 0 Å². The molecule has 0 aliphatic carbocycles. The maximum Gasteiger partial charge on any atom is 0.326 e. The molecular weight excluding hydrogens is 408 g/mol. The fourth-order valence-corrected chi connectivity index (χ4v) is 4.47. The Labute approximate surface area is 172 Å². The fraction of sp³-hybridized carbons (Fsp3) is 0.300. The minimum atomic E-state index is -3.84. The molecule has 0 radical (unpaired) electrons. The predicted molar refractivity (Wildman–Crippen MR) is 112 cm³/mol. The van der Waals surface area contributed by atoms with E-state index in [0.29, 0.717) is 0 Å². The van der Waals surface area contributed by atoms with Crippen molar-refractivity contribution in [3.8, 4) is 0 Å². The van der Waals surface area contributed by atoms with Crippen LogP contribution in [0.15, 0.2) is 56.9 Å². The van der Waals surface area contributed by atoms with Gasteiger partial charge < -0.3 is 9.72 Å². The van der Waals surface area contributed by atoms with Crippen LogP contribution in [-0.4, -0.2) is 49.6 Å². The zero-order valence-corrected chi connectivity index (χ0v) is 17.0. The fourth-order valence-electron chi connectivity index (χ4n) is 3.43. The smallest absolute Gasteiger partial charge is 0.326 e. The van der Waals surface area contributed by atoms with Gasteiger partial charge in [-0.05, 0) is 29.3 Å². The Balaban J connectivity index is 1.49. The van der Waals surface area contributed by atoms with Crippen molar-refractivity contribution >= 4 is 20.9 Å². The first-order chi connectivity index (χ1) is 14.4. The number of fused-ring (bicyclic) bond motifs is 1. The summed E-state index contributed by atoms with van der Waals surface area (Å²) in [6.45, 7) is 4.12. The summed E-state index contributed by atoms with van der Waals surface area (Å²) in [5.41, 5.74) is 0.945. The highest BCUT2D eigenvalue weighted by molar-refractivity contribution is 7.89. The van der Waals surface area contributed by atoms with Crippen LogP contribution in [0.3, 0.4) is 0 Å². The maximum atomic E-state index is 12.7. The van der Waals surface area contributed by atoms with Gasteiger partial charge in [0.05, 0.1) is 29.0 Å². The van der Waals surface area contributed by atoms with Crippen LogP contribution < -0.4 is 16.0 Å². The maximum absolute atomic E-state index is 12.7. The van der Waals surface area contributed by atoms with Crippen LogP contribution in [-0.2, 0) is 27.8 Å². The molecule has 2 aromatic carbocycles. The van der Waals surface area contributed by atoms with E-state index in [4.69, 9.17) is 4.74 Å². The molecule has 1 saturated heterocycles. The molecule has 0 unspecified atom stereocenters. The van der Waals surface area contributed by atoms with Gasteiger partial charge in [0.25, 0.3) is 5.56 Å². The van der Waals surface area contributed by atoms with Crippen molar-refractivity contribution in [1.29, 1.82) is 0 Å². The summed E-state index contributed by atoms with van der Waals surface area (Å²) in [7, 11) is -3.84. The molecule has 0 amide bonds. The summed E-state index contributed by atoms with van der Waals surface area (Å²) in [6, 6.07) is 11.8.